The van der Waals surface area contributed by atoms with Crippen molar-refractivity contribution >= 4 is 23.1 Å². The Kier molecular flexibility index (Phi) is 5.85. The molecule has 1 aliphatic heterocycles. The van der Waals surface area contributed by atoms with Crippen LogP contribution in [0.4, 0.5) is 15.1 Å². The summed E-state index contributed by atoms with van der Waals surface area (Å²) in [4.78, 5) is 19.3. The molecular weight excluding hydrogens is 395 g/mol. The van der Waals surface area contributed by atoms with Crippen LogP contribution >= 0.6 is 0 Å². The largest absolute Gasteiger partial charge is 0.444 e. The summed E-state index contributed by atoms with van der Waals surface area (Å²) in [6.07, 6.45) is 1.39. The zero-order chi connectivity index (χ0) is 22.0. The molecule has 1 N–H and O–H groups in total. The number of ether oxygens (including phenoxy) is 1. The minimum absolute atomic E-state index is 0.0367. The number of hydrogen-bond acceptors (Lipinski definition) is 4. The Morgan fingerprint density at radius 1 is 1.19 bits per heavy atom. The monoisotopic (exact) mass is 424 g/mol. The zero-order valence-electron chi connectivity index (χ0n) is 18.3. The third kappa shape index (κ3) is 4.98. The second-order valence-electron chi connectivity index (χ2n) is 9.01. The van der Waals surface area contributed by atoms with Crippen LogP contribution in [-0.4, -0.2) is 40.4 Å². The molecule has 0 unspecified atom stereocenters. The summed E-state index contributed by atoms with van der Waals surface area (Å²) in [5.41, 5.74) is 1.91. The number of carbonyl (C=O) groups excluding carboxylic acids is 1. The van der Waals surface area contributed by atoms with E-state index in [1.165, 1.54) is 6.07 Å². The minimum atomic E-state index is -0.536. The molecule has 1 fully saturated rings. The smallest absolute Gasteiger partial charge is 0.407 e. The van der Waals surface area contributed by atoms with Gasteiger partial charge in [-0.1, -0.05) is 30.3 Å². The number of rotatable bonds is 4. The molecule has 6 nitrogen and oxygen atoms in total. The molecule has 1 amide bonds. The maximum absolute atomic E-state index is 14.4. The number of imidazole rings is 1. The first kappa shape index (κ1) is 21.2. The van der Waals surface area contributed by atoms with Gasteiger partial charge < -0.3 is 19.5 Å². The summed E-state index contributed by atoms with van der Waals surface area (Å²) >= 11 is 0. The lowest BCUT2D eigenvalue weighted by Gasteiger charge is -2.34. The van der Waals surface area contributed by atoms with Crippen molar-refractivity contribution in [3.8, 4) is 0 Å². The Balaban J connectivity index is 1.60. The molecule has 1 aromatic heterocycles. The van der Waals surface area contributed by atoms with E-state index in [2.05, 4.69) is 14.8 Å². The molecule has 1 aliphatic rings. The molecule has 0 saturated carbocycles. The zero-order valence-corrected chi connectivity index (χ0v) is 18.3. The van der Waals surface area contributed by atoms with Crippen LogP contribution in [-0.2, 0) is 11.3 Å². The van der Waals surface area contributed by atoms with E-state index >= 15 is 0 Å². The maximum atomic E-state index is 14.4. The second kappa shape index (κ2) is 8.57. The number of anilines is 1. The molecule has 0 spiro atoms. The molecule has 0 aliphatic carbocycles. The standard InChI is InChI=1S/C24H29FN4O2/c1-24(2,3)31-23(30)26-18-10-8-14-28(16-18)22-27-20-12-6-7-13-21(20)29(22)15-17-9-4-5-11-19(17)25/h4-7,9,11-13,18H,8,10,14-16H2,1-3H3,(H,26,30)/t18-/m0/s1. The van der Waals surface area contributed by atoms with Crippen LogP contribution in [0.1, 0.15) is 39.2 Å². The van der Waals surface area contributed by atoms with Crippen molar-refractivity contribution in [1.82, 2.24) is 14.9 Å². The number of alkyl carbamates (subject to hydrolysis) is 1. The average molecular weight is 425 g/mol. The molecular formula is C24H29FN4O2. The molecule has 31 heavy (non-hydrogen) atoms. The number of fused-ring (bicyclic) bond motifs is 1. The number of aromatic nitrogens is 2. The molecule has 7 heteroatoms. The van der Waals surface area contributed by atoms with Gasteiger partial charge in [0.2, 0.25) is 5.95 Å². The first-order valence-electron chi connectivity index (χ1n) is 10.7. The fourth-order valence-electron chi connectivity index (χ4n) is 4.01. The van der Waals surface area contributed by atoms with Gasteiger partial charge in [-0.25, -0.2) is 14.2 Å². The second-order valence-corrected chi connectivity index (χ2v) is 9.01. The Morgan fingerprint density at radius 3 is 2.71 bits per heavy atom. The van der Waals surface area contributed by atoms with Crippen LogP contribution < -0.4 is 10.2 Å². The van der Waals surface area contributed by atoms with E-state index in [9.17, 15) is 9.18 Å². The molecule has 1 saturated heterocycles. The number of piperidine rings is 1. The molecule has 3 aromatic rings. The van der Waals surface area contributed by atoms with Crippen molar-refractivity contribution in [2.45, 2.75) is 51.8 Å². The summed E-state index contributed by atoms with van der Waals surface area (Å²) < 4.78 is 21.9. The van der Waals surface area contributed by atoms with Crippen LogP contribution in [0, 0.1) is 5.82 Å². The van der Waals surface area contributed by atoms with Crippen LogP contribution in [0.3, 0.4) is 0 Å². The number of halogens is 1. The third-order valence-electron chi connectivity index (χ3n) is 5.35. The fourth-order valence-corrected chi connectivity index (χ4v) is 4.01. The quantitative estimate of drug-likeness (QED) is 0.659. The number of nitrogens with zero attached hydrogens (tertiary/aromatic N) is 3. The topological polar surface area (TPSA) is 59.4 Å². The number of para-hydroxylation sites is 2. The van der Waals surface area contributed by atoms with Crippen LogP contribution in [0.25, 0.3) is 11.0 Å². The number of hydrogen-bond donors (Lipinski definition) is 1. The van der Waals surface area contributed by atoms with E-state index in [0.717, 1.165) is 36.4 Å². The SMILES string of the molecule is CC(C)(C)OC(=O)N[C@H]1CCCN(c2nc3ccccc3n2Cc2ccccc2F)C1. The number of amides is 1. The molecule has 4 rings (SSSR count). The van der Waals surface area contributed by atoms with E-state index in [4.69, 9.17) is 9.72 Å². The molecule has 1 atom stereocenters. The summed E-state index contributed by atoms with van der Waals surface area (Å²) in [7, 11) is 0. The van der Waals surface area contributed by atoms with Crippen LogP contribution in [0.2, 0.25) is 0 Å². The lowest BCUT2D eigenvalue weighted by Crippen LogP contribution is -2.49. The van der Waals surface area contributed by atoms with E-state index in [-0.39, 0.29) is 11.9 Å². The van der Waals surface area contributed by atoms with Crippen molar-refractivity contribution in [1.29, 1.82) is 0 Å². The lowest BCUT2D eigenvalue weighted by atomic mass is 10.1. The highest BCUT2D eigenvalue weighted by Gasteiger charge is 2.27. The summed E-state index contributed by atoms with van der Waals surface area (Å²) in [5, 5.41) is 2.99. The lowest BCUT2D eigenvalue weighted by molar-refractivity contribution is 0.0500. The highest BCUT2D eigenvalue weighted by Crippen LogP contribution is 2.27. The van der Waals surface area contributed by atoms with Gasteiger partial charge in [-0.05, 0) is 51.8 Å². The van der Waals surface area contributed by atoms with Gasteiger partial charge in [0.25, 0.3) is 0 Å². The van der Waals surface area contributed by atoms with Gasteiger partial charge in [0.15, 0.2) is 0 Å². The van der Waals surface area contributed by atoms with Gasteiger partial charge in [0, 0.05) is 24.7 Å². The Hall–Kier alpha value is -3.09. The molecule has 164 valence electrons. The number of nitrogens with one attached hydrogen (secondary N) is 1. The minimum Gasteiger partial charge on any atom is -0.444 e. The highest BCUT2D eigenvalue weighted by atomic mass is 19.1. The predicted molar refractivity (Wildman–Crippen MR) is 120 cm³/mol. The van der Waals surface area contributed by atoms with Gasteiger partial charge in [-0.3, -0.25) is 0 Å². The molecule has 2 heterocycles. The average Bonchev–Trinajstić information content (AvgIpc) is 3.07. The Bertz CT molecular complexity index is 1070. The van der Waals surface area contributed by atoms with E-state index in [0.29, 0.717) is 18.7 Å². The van der Waals surface area contributed by atoms with E-state index in [1.807, 2.05) is 51.1 Å². The van der Waals surface area contributed by atoms with Gasteiger partial charge in [-0.2, -0.15) is 0 Å². The van der Waals surface area contributed by atoms with Crippen molar-refractivity contribution in [3.05, 3.63) is 59.9 Å². The van der Waals surface area contributed by atoms with Crippen LogP contribution in [0.15, 0.2) is 48.5 Å². The molecule has 2 aromatic carbocycles. The first-order chi connectivity index (χ1) is 14.8. The predicted octanol–water partition coefficient (Wildman–Crippen LogP) is 4.72. The van der Waals surface area contributed by atoms with E-state index < -0.39 is 11.7 Å². The number of benzene rings is 2. The normalized spacial score (nSPS) is 17.0. The Morgan fingerprint density at radius 2 is 1.94 bits per heavy atom. The molecule has 0 bridgehead atoms. The van der Waals surface area contributed by atoms with Gasteiger partial charge in [0.05, 0.1) is 17.6 Å². The summed E-state index contributed by atoms with van der Waals surface area (Å²) in [5.74, 6) is 0.564. The number of carbonyl (C=O) groups is 1. The van der Waals surface area contributed by atoms with Gasteiger partial charge >= 0.3 is 6.09 Å². The third-order valence-corrected chi connectivity index (χ3v) is 5.35. The molecule has 0 radical (unpaired) electrons. The summed E-state index contributed by atoms with van der Waals surface area (Å²) in [6, 6.07) is 14.7. The van der Waals surface area contributed by atoms with Crippen molar-refractivity contribution in [2.75, 3.05) is 18.0 Å². The summed E-state index contributed by atoms with van der Waals surface area (Å²) in [6.45, 7) is 7.40. The van der Waals surface area contributed by atoms with Gasteiger partial charge in [-0.15, -0.1) is 0 Å². The fraction of sp³-hybridized carbons (Fsp3) is 0.417. The van der Waals surface area contributed by atoms with E-state index in [1.54, 1.807) is 12.1 Å². The maximum Gasteiger partial charge on any atom is 0.407 e. The Labute approximate surface area is 182 Å². The van der Waals surface area contributed by atoms with Crippen molar-refractivity contribution < 1.29 is 13.9 Å². The van der Waals surface area contributed by atoms with Crippen molar-refractivity contribution in [2.24, 2.45) is 0 Å². The van der Waals surface area contributed by atoms with Gasteiger partial charge in [0.1, 0.15) is 11.4 Å². The van der Waals surface area contributed by atoms with Crippen LogP contribution in [0.5, 0.6) is 0 Å². The van der Waals surface area contributed by atoms with Crippen molar-refractivity contribution in [3.63, 3.8) is 0 Å². The first-order valence-corrected chi connectivity index (χ1v) is 10.7. The highest BCUT2D eigenvalue weighted by molar-refractivity contribution is 5.79.